The first-order valence-corrected chi connectivity index (χ1v) is 7.28. The summed E-state index contributed by atoms with van der Waals surface area (Å²) in [4.78, 5) is 4.39. The van der Waals surface area contributed by atoms with E-state index in [1.165, 1.54) is 11.1 Å². The summed E-state index contributed by atoms with van der Waals surface area (Å²) in [6, 6.07) is 17.1. The van der Waals surface area contributed by atoms with Gasteiger partial charge in [-0.25, -0.2) is 0 Å². The highest BCUT2D eigenvalue weighted by Crippen LogP contribution is 2.29. The van der Waals surface area contributed by atoms with E-state index in [0.717, 1.165) is 35.1 Å². The van der Waals surface area contributed by atoms with E-state index in [-0.39, 0.29) is 0 Å². The number of nitrogens with one attached hydrogen (secondary N) is 1. The van der Waals surface area contributed by atoms with Crippen LogP contribution in [0, 0.1) is 0 Å². The maximum atomic E-state index is 6.01. The highest BCUT2D eigenvalue weighted by atomic mass is 14.9. The molecule has 2 aromatic carbocycles. The Hall–Kier alpha value is -2.55. The Morgan fingerprint density at radius 1 is 0.952 bits per heavy atom. The van der Waals surface area contributed by atoms with Crippen molar-refractivity contribution in [3.05, 3.63) is 65.9 Å². The third-order valence-corrected chi connectivity index (χ3v) is 4.21. The Bertz CT molecular complexity index is 785. The van der Waals surface area contributed by atoms with Crippen molar-refractivity contribution in [2.75, 3.05) is 11.1 Å². The summed E-state index contributed by atoms with van der Waals surface area (Å²) in [5.41, 5.74) is 11.6. The lowest BCUT2D eigenvalue weighted by atomic mass is 10.1. The van der Waals surface area contributed by atoms with Crippen molar-refractivity contribution >= 4 is 22.3 Å². The molecule has 0 aliphatic heterocycles. The first-order valence-electron chi connectivity index (χ1n) is 7.28. The number of hydrogen-bond donors (Lipinski definition) is 2. The van der Waals surface area contributed by atoms with Gasteiger partial charge < -0.3 is 11.1 Å². The molecule has 0 saturated heterocycles. The number of hydrogen-bond acceptors (Lipinski definition) is 3. The molecule has 3 aromatic rings. The zero-order valence-electron chi connectivity index (χ0n) is 11.7. The molecule has 0 radical (unpaired) electrons. The van der Waals surface area contributed by atoms with Crippen LogP contribution in [0.25, 0.3) is 10.9 Å². The van der Waals surface area contributed by atoms with E-state index < -0.39 is 0 Å². The van der Waals surface area contributed by atoms with Gasteiger partial charge in [0.1, 0.15) is 0 Å². The summed E-state index contributed by atoms with van der Waals surface area (Å²) in [5, 5.41) is 4.75. The Morgan fingerprint density at radius 2 is 1.71 bits per heavy atom. The third-order valence-electron chi connectivity index (χ3n) is 4.21. The standard InChI is InChI=1S/C18H17N3/c19-16-7-3-6-15-17(8-9-20-18(15)16)21-14-10-12-4-1-2-5-13(12)11-14/h1-9,14H,10-11,19H2,(H,20,21). The second kappa shape index (κ2) is 4.77. The summed E-state index contributed by atoms with van der Waals surface area (Å²) >= 11 is 0. The predicted molar refractivity (Wildman–Crippen MR) is 87.4 cm³/mol. The van der Waals surface area contributed by atoms with Crippen LogP contribution in [0.1, 0.15) is 11.1 Å². The van der Waals surface area contributed by atoms with Crippen molar-refractivity contribution in [1.29, 1.82) is 0 Å². The van der Waals surface area contributed by atoms with Crippen LogP contribution in [0.2, 0.25) is 0 Å². The molecule has 3 N–H and O–H groups in total. The van der Waals surface area contributed by atoms with Crippen molar-refractivity contribution in [3.8, 4) is 0 Å². The van der Waals surface area contributed by atoms with Crippen LogP contribution in [-0.2, 0) is 12.8 Å². The molecule has 3 nitrogen and oxygen atoms in total. The van der Waals surface area contributed by atoms with Crippen molar-refractivity contribution in [2.45, 2.75) is 18.9 Å². The van der Waals surface area contributed by atoms with Gasteiger partial charge in [-0.1, -0.05) is 36.4 Å². The summed E-state index contributed by atoms with van der Waals surface area (Å²) in [6.45, 7) is 0. The topological polar surface area (TPSA) is 50.9 Å². The minimum absolute atomic E-state index is 0.439. The number of rotatable bonds is 2. The number of nitrogens with two attached hydrogens (primary N) is 1. The lowest BCUT2D eigenvalue weighted by Gasteiger charge is -2.15. The monoisotopic (exact) mass is 275 g/mol. The number of pyridine rings is 1. The summed E-state index contributed by atoms with van der Waals surface area (Å²) in [5.74, 6) is 0. The number of nitrogen functional groups attached to an aromatic ring is 1. The third kappa shape index (κ3) is 2.11. The Labute approximate surface area is 123 Å². The van der Waals surface area contributed by atoms with Gasteiger partial charge in [0.2, 0.25) is 0 Å². The minimum Gasteiger partial charge on any atom is -0.397 e. The zero-order valence-corrected chi connectivity index (χ0v) is 11.7. The van der Waals surface area contributed by atoms with Gasteiger partial charge in [-0.05, 0) is 36.1 Å². The Balaban J connectivity index is 1.66. The maximum absolute atomic E-state index is 6.01. The number of aromatic nitrogens is 1. The fourth-order valence-corrected chi connectivity index (χ4v) is 3.21. The summed E-state index contributed by atoms with van der Waals surface area (Å²) in [6.07, 6.45) is 3.97. The molecule has 0 spiro atoms. The van der Waals surface area contributed by atoms with Crippen molar-refractivity contribution in [1.82, 2.24) is 4.98 Å². The quantitative estimate of drug-likeness (QED) is 0.705. The fraction of sp³-hybridized carbons (Fsp3) is 0.167. The van der Waals surface area contributed by atoms with Crippen LogP contribution in [0.15, 0.2) is 54.7 Å². The van der Waals surface area contributed by atoms with Crippen LogP contribution >= 0.6 is 0 Å². The van der Waals surface area contributed by atoms with E-state index in [1.807, 2.05) is 24.4 Å². The summed E-state index contributed by atoms with van der Waals surface area (Å²) in [7, 11) is 0. The fourth-order valence-electron chi connectivity index (χ4n) is 3.21. The normalized spacial score (nSPS) is 14.3. The molecule has 1 aromatic heterocycles. The molecule has 0 bridgehead atoms. The second-order valence-corrected chi connectivity index (χ2v) is 5.62. The second-order valence-electron chi connectivity index (χ2n) is 5.62. The highest BCUT2D eigenvalue weighted by molar-refractivity contribution is 5.97. The minimum atomic E-state index is 0.439. The van der Waals surface area contributed by atoms with Crippen molar-refractivity contribution in [2.24, 2.45) is 0 Å². The molecular formula is C18H17N3. The first kappa shape index (κ1) is 12.2. The largest absolute Gasteiger partial charge is 0.397 e. The number of para-hydroxylation sites is 1. The van der Waals surface area contributed by atoms with Crippen LogP contribution in [0.4, 0.5) is 11.4 Å². The molecule has 1 aliphatic carbocycles. The molecule has 0 fully saturated rings. The predicted octanol–water partition coefficient (Wildman–Crippen LogP) is 3.40. The van der Waals surface area contributed by atoms with Gasteiger partial charge in [0.25, 0.3) is 0 Å². The number of nitrogens with zero attached hydrogens (tertiary/aromatic N) is 1. The van der Waals surface area contributed by atoms with Gasteiger partial charge in [-0.3, -0.25) is 4.98 Å². The molecular weight excluding hydrogens is 258 g/mol. The number of anilines is 2. The van der Waals surface area contributed by atoms with Crippen LogP contribution in [0.3, 0.4) is 0 Å². The van der Waals surface area contributed by atoms with E-state index in [0.29, 0.717) is 6.04 Å². The van der Waals surface area contributed by atoms with Crippen LogP contribution in [-0.4, -0.2) is 11.0 Å². The zero-order chi connectivity index (χ0) is 14.2. The van der Waals surface area contributed by atoms with Crippen molar-refractivity contribution in [3.63, 3.8) is 0 Å². The Morgan fingerprint density at radius 3 is 2.48 bits per heavy atom. The van der Waals surface area contributed by atoms with Gasteiger partial charge in [0.15, 0.2) is 0 Å². The van der Waals surface area contributed by atoms with Gasteiger partial charge in [0, 0.05) is 23.3 Å². The first-order chi connectivity index (χ1) is 10.3. The SMILES string of the molecule is Nc1cccc2c(NC3Cc4ccccc4C3)ccnc12. The molecule has 0 saturated carbocycles. The molecule has 0 unspecified atom stereocenters. The average molecular weight is 275 g/mol. The molecule has 1 aliphatic rings. The van der Waals surface area contributed by atoms with Gasteiger partial charge in [0.05, 0.1) is 11.2 Å². The van der Waals surface area contributed by atoms with Gasteiger partial charge in [-0.2, -0.15) is 0 Å². The van der Waals surface area contributed by atoms with E-state index in [2.05, 4.69) is 40.6 Å². The number of benzene rings is 2. The van der Waals surface area contributed by atoms with Gasteiger partial charge in [-0.15, -0.1) is 0 Å². The molecule has 1 heterocycles. The molecule has 0 amide bonds. The summed E-state index contributed by atoms with van der Waals surface area (Å²) < 4.78 is 0. The van der Waals surface area contributed by atoms with Gasteiger partial charge >= 0.3 is 0 Å². The maximum Gasteiger partial charge on any atom is 0.0951 e. The van der Waals surface area contributed by atoms with E-state index >= 15 is 0 Å². The molecule has 21 heavy (non-hydrogen) atoms. The average Bonchev–Trinajstić information content (AvgIpc) is 2.90. The lowest BCUT2D eigenvalue weighted by molar-refractivity contribution is 0.775. The van der Waals surface area contributed by atoms with E-state index in [9.17, 15) is 0 Å². The Kier molecular flexibility index (Phi) is 2.78. The van der Waals surface area contributed by atoms with E-state index in [1.54, 1.807) is 0 Å². The lowest BCUT2D eigenvalue weighted by Crippen LogP contribution is -2.19. The van der Waals surface area contributed by atoms with Crippen LogP contribution < -0.4 is 11.1 Å². The molecule has 3 heteroatoms. The number of fused-ring (bicyclic) bond motifs is 2. The highest BCUT2D eigenvalue weighted by Gasteiger charge is 2.21. The smallest absolute Gasteiger partial charge is 0.0951 e. The molecule has 4 rings (SSSR count). The van der Waals surface area contributed by atoms with Crippen LogP contribution in [0.5, 0.6) is 0 Å². The molecule has 0 atom stereocenters. The van der Waals surface area contributed by atoms with E-state index in [4.69, 9.17) is 5.73 Å². The molecule has 104 valence electrons. The van der Waals surface area contributed by atoms with Crippen molar-refractivity contribution < 1.29 is 0 Å².